The molecule has 0 bridgehead atoms. The van der Waals surface area contributed by atoms with Crippen molar-refractivity contribution in [2.24, 2.45) is 5.73 Å². The smallest absolute Gasteiger partial charge is 0.326 e. The molecule has 3 aromatic carbocycles. The highest BCUT2D eigenvalue weighted by Crippen LogP contribution is 2.19. The van der Waals surface area contributed by atoms with Crippen LogP contribution in [0.15, 0.2) is 91.1 Å². The van der Waals surface area contributed by atoms with Crippen LogP contribution in [0.25, 0.3) is 10.9 Å². The summed E-state index contributed by atoms with van der Waals surface area (Å²) in [5, 5.41) is 16.1. The minimum Gasteiger partial charge on any atom is -0.480 e. The van der Waals surface area contributed by atoms with E-state index >= 15 is 0 Å². The quantitative estimate of drug-likeness (QED) is 0.216. The molecular formula is C29H30N4O4. The van der Waals surface area contributed by atoms with E-state index in [0.29, 0.717) is 0 Å². The number of aliphatic carboxylic acids is 1. The summed E-state index contributed by atoms with van der Waals surface area (Å²) in [6, 6.07) is 23.0. The predicted octanol–water partition coefficient (Wildman–Crippen LogP) is 2.58. The number of nitrogens with one attached hydrogen (secondary N) is 3. The highest BCUT2D eigenvalue weighted by molar-refractivity contribution is 5.92. The fraction of sp³-hybridized carbons (Fsp3) is 0.207. The number of H-pyrrole nitrogens is 1. The number of para-hydroxylation sites is 1. The summed E-state index contributed by atoms with van der Waals surface area (Å²) in [7, 11) is 0. The van der Waals surface area contributed by atoms with Gasteiger partial charge in [-0.1, -0.05) is 78.9 Å². The van der Waals surface area contributed by atoms with Gasteiger partial charge in [0, 0.05) is 29.9 Å². The average molecular weight is 499 g/mol. The predicted molar refractivity (Wildman–Crippen MR) is 142 cm³/mol. The van der Waals surface area contributed by atoms with Crippen LogP contribution in [-0.2, 0) is 33.6 Å². The third kappa shape index (κ3) is 6.83. The van der Waals surface area contributed by atoms with E-state index in [1.54, 1.807) is 12.1 Å². The van der Waals surface area contributed by atoms with E-state index in [0.717, 1.165) is 27.6 Å². The minimum atomic E-state index is -1.15. The lowest BCUT2D eigenvalue weighted by molar-refractivity contribution is -0.142. The molecule has 0 radical (unpaired) electrons. The molecule has 0 saturated carbocycles. The Bertz CT molecular complexity index is 1350. The second kappa shape index (κ2) is 12.0. The molecule has 0 saturated heterocycles. The Kier molecular flexibility index (Phi) is 8.33. The Morgan fingerprint density at radius 1 is 0.730 bits per heavy atom. The monoisotopic (exact) mass is 498 g/mol. The summed E-state index contributed by atoms with van der Waals surface area (Å²) < 4.78 is 0. The van der Waals surface area contributed by atoms with Gasteiger partial charge in [-0.2, -0.15) is 0 Å². The number of aromatic nitrogens is 1. The van der Waals surface area contributed by atoms with Gasteiger partial charge in [-0.05, 0) is 29.2 Å². The molecule has 0 aliphatic carbocycles. The van der Waals surface area contributed by atoms with Crippen LogP contribution in [0.4, 0.5) is 0 Å². The number of fused-ring (bicyclic) bond motifs is 1. The molecule has 2 amide bonds. The first-order chi connectivity index (χ1) is 17.9. The number of carbonyl (C=O) groups excluding carboxylic acids is 2. The topological polar surface area (TPSA) is 137 Å². The zero-order valence-corrected chi connectivity index (χ0v) is 20.3. The summed E-state index contributed by atoms with van der Waals surface area (Å²) in [5.41, 5.74) is 9.69. The lowest BCUT2D eigenvalue weighted by Gasteiger charge is -2.23. The Labute approximate surface area is 214 Å². The van der Waals surface area contributed by atoms with Crippen LogP contribution in [0.5, 0.6) is 0 Å². The van der Waals surface area contributed by atoms with Crippen molar-refractivity contribution in [1.82, 2.24) is 15.6 Å². The number of hydrogen-bond donors (Lipinski definition) is 5. The van der Waals surface area contributed by atoms with Crippen LogP contribution in [0, 0.1) is 0 Å². The average Bonchev–Trinajstić information content (AvgIpc) is 3.31. The van der Waals surface area contributed by atoms with E-state index in [9.17, 15) is 19.5 Å². The third-order valence-corrected chi connectivity index (χ3v) is 6.26. The molecular weight excluding hydrogens is 468 g/mol. The van der Waals surface area contributed by atoms with Crippen LogP contribution >= 0.6 is 0 Å². The van der Waals surface area contributed by atoms with Gasteiger partial charge in [-0.25, -0.2) is 4.79 Å². The van der Waals surface area contributed by atoms with E-state index in [1.807, 2.05) is 79.0 Å². The molecule has 3 unspecified atom stereocenters. The number of rotatable bonds is 11. The molecule has 4 rings (SSSR count). The fourth-order valence-corrected chi connectivity index (χ4v) is 4.29. The number of carbonyl (C=O) groups is 3. The lowest BCUT2D eigenvalue weighted by Crippen LogP contribution is -2.55. The van der Waals surface area contributed by atoms with Gasteiger partial charge < -0.3 is 26.5 Å². The van der Waals surface area contributed by atoms with Crippen molar-refractivity contribution in [2.75, 3.05) is 0 Å². The number of aromatic amines is 1. The van der Waals surface area contributed by atoms with Gasteiger partial charge in [0.15, 0.2) is 0 Å². The molecule has 3 atom stereocenters. The molecule has 0 aliphatic rings. The Hall–Kier alpha value is -4.43. The number of nitrogens with two attached hydrogens (primary N) is 1. The normalized spacial score (nSPS) is 13.4. The van der Waals surface area contributed by atoms with E-state index in [-0.39, 0.29) is 19.3 Å². The second-order valence-corrected chi connectivity index (χ2v) is 9.01. The molecule has 4 aromatic rings. The fourth-order valence-electron chi connectivity index (χ4n) is 4.29. The van der Waals surface area contributed by atoms with Crippen molar-refractivity contribution >= 4 is 28.7 Å². The minimum absolute atomic E-state index is 0.119. The summed E-state index contributed by atoms with van der Waals surface area (Å²) in [6.07, 6.45) is 2.41. The van der Waals surface area contributed by atoms with Gasteiger partial charge in [-0.3, -0.25) is 9.59 Å². The third-order valence-electron chi connectivity index (χ3n) is 6.26. The Morgan fingerprint density at radius 3 is 1.89 bits per heavy atom. The van der Waals surface area contributed by atoms with Crippen molar-refractivity contribution in [2.45, 2.75) is 37.4 Å². The summed E-state index contributed by atoms with van der Waals surface area (Å²) in [4.78, 5) is 41.4. The molecule has 8 heteroatoms. The van der Waals surface area contributed by atoms with E-state index in [4.69, 9.17) is 5.73 Å². The van der Waals surface area contributed by atoms with Crippen LogP contribution in [0.2, 0.25) is 0 Å². The first kappa shape index (κ1) is 25.7. The first-order valence-electron chi connectivity index (χ1n) is 12.1. The van der Waals surface area contributed by atoms with Crippen LogP contribution in [0.3, 0.4) is 0 Å². The standard InChI is InChI=1S/C29H30N4O4/c30-23(17-21-18-31-24-14-8-7-13-22(21)24)27(34)32-25(15-19-9-3-1-4-10-19)28(35)33-26(29(36)37)16-20-11-5-2-6-12-20/h1-14,18,23,25-26,31H,15-17,30H2,(H,32,34)(H,33,35)(H,36,37). The molecule has 190 valence electrons. The largest absolute Gasteiger partial charge is 0.480 e. The van der Waals surface area contributed by atoms with Gasteiger partial charge >= 0.3 is 5.97 Å². The molecule has 0 spiro atoms. The van der Waals surface area contributed by atoms with Gasteiger partial charge in [0.2, 0.25) is 11.8 Å². The second-order valence-electron chi connectivity index (χ2n) is 9.01. The van der Waals surface area contributed by atoms with Crippen molar-refractivity contribution in [3.8, 4) is 0 Å². The zero-order valence-electron chi connectivity index (χ0n) is 20.3. The molecule has 37 heavy (non-hydrogen) atoms. The number of carboxylic acid groups (broad SMARTS) is 1. The summed E-state index contributed by atoms with van der Waals surface area (Å²) in [5.74, 6) is -2.23. The number of hydrogen-bond acceptors (Lipinski definition) is 4. The van der Waals surface area contributed by atoms with Crippen molar-refractivity contribution in [3.63, 3.8) is 0 Å². The number of carboxylic acids is 1. The van der Waals surface area contributed by atoms with E-state index in [2.05, 4.69) is 15.6 Å². The van der Waals surface area contributed by atoms with Crippen molar-refractivity contribution < 1.29 is 19.5 Å². The van der Waals surface area contributed by atoms with Crippen molar-refractivity contribution in [1.29, 1.82) is 0 Å². The first-order valence-corrected chi connectivity index (χ1v) is 12.1. The molecule has 1 aromatic heterocycles. The van der Waals surface area contributed by atoms with E-state index in [1.165, 1.54) is 0 Å². The highest BCUT2D eigenvalue weighted by Gasteiger charge is 2.28. The van der Waals surface area contributed by atoms with Crippen molar-refractivity contribution in [3.05, 3.63) is 108 Å². The zero-order chi connectivity index (χ0) is 26.2. The Balaban J connectivity index is 1.48. The lowest BCUT2D eigenvalue weighted by atomic mass is 10.0. The molecule has 8 nitrogen and oxygen atoms in total. The molecule has 6 N–H and O–H groups in total. The number of amides is 2. The molecule has 1 heterocycles. The van der Waals surface area contributed by atoms with Gasteiger partial charge in [0.25, 0.3) is 0 Å². The SMILES string of the molecule is NC(Cc1c[nH]c2ccccc12)C(=O)NC(Cc1ccccc1)C(=O)NC(Cc1ccccc1)C(=O)O. The highest BCUT2D eigenvalue weighted by atomic mass is 16.4. The number of benzene rings is 3. The van der Waals surface area contributed by atoms with Crippen LogP contribution in [-0.4, -0.2) is 46.0 Å². The maximum atomic E-state index is 13.3. The molecule has 0 aliphatic heterocycles. The summed E-state index contributed by atoms with van der Waals surface area (Å²) in [6.45, 7) is 0. The maximum absolute atomic E-state index is 13.3. The van der Waals surface area contributed by atoms with E-state index < -0.39 is 35.9 Å². The van der Waals surface area contributed by atoms with Gasteiger partial charge in [0.1, 0.15) is 12.1 Å². The maximum Gasteiger partial charge on any atom is 0.326 e. The van der Waals surface area contributed by atoms with Crippen LogP contribution < -0.4 is 16.4 Å². The van der Waals surface area contributed by atoms with Gasteiger partial charge in [-0.15, -0.1) is 0 Å². The van der Waals surface area contributed by atoms with Crippen LogP contribution in [0.1, 0.15) is 16.7 Å². The van der Waals surface area contributed by atoms with Gasteiger partial charge in [0.05, 0.1) is 6.04 Å². The molecule has 0 fully saturated rings. The Morgan fingerprint density at radius 2 is 1.27 bits per heavy atom. The summed E-state index contributed by atoms with van der Waals surface area (Å²) >= 11 is 0.